The minimum absolute atomic E-state index is 0.664. The third kappa shape index (κ3) is 6.69. The molecular formula is C80H64. The molecule has 4 aliphatic carbocycles. The molecule has 0 saturated heterocycles. The minimum atomic E-state index is 0.664. The Kier molecular flexibility index (Phi) is 10.5. The molecule has 0 radical (unpaired) electrons. The van der Waals surface area contributed by atoms with Crippen molar-refractivity contribution in [3.63, 3.8) is 0 Å². The highest BCUT2D eigenvalue weighted by molar-refractivity contribution is 6.42. The van der Waals surface area contributed by atoms with E-state index in [1.54, 1.807) is 0 Å². The highest BCUT2D eigenvalue weighted by atomic mass is 14.4. The number of fused-ring (bicyclic) bond motifs is 10. The lowest BCUT2D eigenvalue weighted by Gasteiger charge is -2.24. The maximum atomic E-state index is 2.52. The number of benzene rings is 13. The van der Waals surface area contributed by atoms with Crippen molar-refractivity contribution in [3.05, 3.63) is 216 Å². The zero-order valence-electron chi connectivity index (χ0n) is 46.1. The molecule has 2 fully saturated rings. The molecule has 0 aromatic heterocycles. The van der Waals surface area contributed by atoms with Crippen LogP contribution in [0, 0.1) is 0 Å². The molecule has 80 heavy (non-hydrogen) atoms. The first-order valence-corrected chi connectivity index (χ1v) is 30.4. The molecule has 384 valence electrons. The third-order valence-electron chi connectivity index (χ3n) is 20.3. The smallest absolute Gasteiger partial charge is 0.000740 e. The first-order chi connectivity index (χ1) is 39.6. The molecular weight excluding hydrogens is 961 g/mol. The molecule has 0 heteroatoms. The second-order valence-electron chi connectivity index (χ2n) is 24.2. The Labute approximate surface area is 470 Å². The lowest BCUT2D eigenvalue weighted by Crippen LogP contribution is -2.04. The highest BCUT2D eigenvalue weighted by Crippen LogP contribution is 2.63. The van der Waals surface area contributed by atoms with Gasteiger partial charge in [0, 0.05) is 0 Å². The zero-order chi connectivity index (χ0) is 52.7. The number of hydrogen-bond acceptors (Lipinski definition) is 0. The fourth-order valence-electron chi connectivity index (χ4n) is 16.4. The molecule has 0 atom stereocenters. The monoisotopic (exact) mass is 1020 g/mol. The average Bonchev–Trinajstić information content (AvgIpc) is 4.26. The van der Waals surface area contributed by atoms with Crippen molar-refractivity contribution >= 4 is 64.6 Å². The summed E-state index contributed by atoms with van der Waals surface area (Å²) in [5, 5.41) is 16.2. The number of hydrogen-bond donors (Lipinski definition) is 0. The largest absolute Gasteiger partial charge is 0.0616 e. The predicted octanol–water partition coefficient (Wildman–Crippen LogP) is 23.2. The van der Waals surface area contributed by atoms with E-state index in [-0.39, 0.29) is 0 Å². The summed E-state index contributed by atoms with van der Waals surface area (Å²) in [5.41, 5.74) is 27.3. The van der Waals surface area contributed by atoms with Crippen LogP contribution in [0.5, 0.6) is 0 Å². The lowest BCUT2D eigenvalue weighted by molar-refractivity contribution is 0.443. The summed E-state index contributed by atoms with van der Waals surface area (Å²) < 4.78 is 0. The van der Waals surface area contributed by atoms with E-state index in [1.165, 1.54) is 240 Å². The first kappa shape index (κ1) is 46.6. The molecule has 13 aromatic carbocycles. The molecule has 0 N–H and O–H groups in total. The van der Waals surface area contributed by atoms with E-state index in [4.69, 9.17) is 0 Å². The molecule has 0 amide bonds. The molecule has 2 saturated carbocycles. The topological polar surface area (TPSA) is 0 Å². The van der Waals surface area contributed by atoms with Crippen LogP contribution >= 0.6 is 0 Å². The van der Waals surface area contributed by atoms with Crippen LogP contribution in [0.3, 0.4) is 0 Å². The molecule has 0 spiro atoms. The van der Waals surface area contributed by atoms with Gasteiger partial charge in [0.15, 0.2) is 0 Å². The Balaban J connectivity index is 0.934. The summed E-state index contributed by atoms with van der Waals surface area (Å²) in [6.45, 7) is 4.51. The standard InChI is InChI=1S/C80H64/c1-3-47-23-27-53(28-24-47)69-57-19-11-12-20-58(57)70(54-29-25-48(4-2)26-30-54)78-66-44-40-62-64-42-46-68-76-67(45-41-63(74(64)76)61-39-43-65(77(69)78)75(66)73(61)62)79-71(55-35-31-51(32-36-55)49-15-7-5-8-16-49)59-21-13-14-22-60(59)72(80(68)79)56-37-33-52(34-38-56)50-17-9-6-10-18-50/h11-14,19-46,49-50H,3-10,15-18H2,1-2H3. The molecule has 0 heterocycles. The van der Waals surface area contributed by atoms with Gasteiger partial charge in [-0.3, -0.25) is 0 Å². The molecule has 0 nitrogen and oxygen atoms in total. The van der Waals surface area contributed by atoms with Gasteiger partial charge in [0.1, 0.15) is 0 Å². The van der Waals surface area contributed by atoms with E-state index in [0.29, 0.717) is 11.8 Å². The van der Waals surface area contributed by atoms with Gasteiger partial charge in [-0.1, -0.05) is 246 Å². The van der Waals surface area contributed by atoms with Crippen molar-refractivity contribution < 1.29 is 0 Å². The Bertz CT molecular complexity index is 4380. The lowest BCUT2D eigenvalue weighted by atomic mass is 9.80. The van der Waals surface area contributed by atoms with Gasteiger partial charge in [0.2, 0.25) is 0 Å². The van der Waals surface area contributed by atoms with Crippen LogP contribution in [0.1, 0.15) is 112 Å². The number of rotatable bonds is 8. The van der Waals surface area contributed by atoms with Crippen molar-refractivity contribution in [2.45, 2.75) is 103 Å². The molecule has 17 rings (SSSR count). The molecule has 0 unspecified atom stereocenters. The first-order valence-electron chi connectivity index (χ1n) is 30.4. The van der Waals surface area contributed by atoms with Crippen LogP contribution in [0.25, 0.3) is 154 Å². The van der Waals surface area contributed by atoms with Gasteiger partial charge in [-0.25, -0.2) is 0 Å². The van der Waals surface area contributed by atoms with Gasteiger partial charge >= 0.3 is 0 Å². The van der Waals surface area contributed by atoms with Gasteiger partial charge in [-0.05, 0) is 226 Å². The second-order valence-corrected chi connectivity index (χ2v) is 24.2. The maximum Gasteiger partial charge on any atom is -0.000740 e. The summed E-state index contributed by atoms with van der Waals surface area (Å²) in [4.78, 5) is 0. The SMILES string of the molecule is CCc1ccc(-c2c3c(c(-c4ccc(CC)cc4)c4ccccc24)-c2ccc4c5ccc6c7c(ccc(c8ccc-3c2c84)c75)-c2c-6c(-c3ccc(C4CCCCC4)cc3)c3ccccc3c2-c2ccc(C3CCCCC3)cc2)cc1. The Morgan fingerprint density at radius 1 is 0.250 bits per heavy atom. The molecule has 0 bridgehead atoms. The van der Waals surface area contributed by atoms with Crippen molar-refractivity contribution in [1.29, 1.82) is 0 Å². The molecule has 4 aliphatic rings. The Hall–Kier alpha value is -8.32. The van der Waals surface area contributed by atoms with Crippen molar-refractivity contribution in [2.24, 2.45) is 0 Å². The minimum Gasteiger partial charge on any atom is -0.0616 e. The predicted molar refractivity (Wildman–Crippen MR) is 344 cm³/mol. The number of aryl methyl sites for hydroxylation is 2. The van der Waals surface area contributed by atoms with Crippen LogP contribution < -0.4 is 0 Å². The van der Waals surface area contributed by atoms with Gasteiger partial charge in [-0.2, -0.15) is 0 Å². The van der Waals surface area contributed by atoms with Crippen LogP contribution in [-0.2, 0) is 12.8 Å². The van der Waals surface area contributed by atoms with Crippen LogP contribution in [0.2, 0.25) is 0 Å². The maximum absolute atomic E-state index is 2.52. The zero-order valence-corrected chi connectivity index (χ0v) is 46.1. The van der Waals surface area contributed by atoms with E-state index in [2.05, 4.69) is 208 Å². The molecule has 13 aromatic rings. The van der Waals surface area contributed by atoms with E-state index < -0.39 is 0 Å². The van der Waals surface area contributed by atoms with Crippen molar-refractivity contribution in [1.82, 2.24) is 0 Å². The summed E-state index contributed by atoms with van der Waals surface area (Å²) in [5.74, 6) is 1.33. The van der Waals surface area contributed by atoms with E-state index in [9.17, 15) is 0 Å². The van der Waals surface area contributed by atoms with Crippen molar-refractivity contribution in [3.8, 4) is 89.0 Å². The normalized spacial score (nSPS) is 15.1. The fourth-order valence-corrected chi connectivity index (χ4v) is 16.4. The van der Waals surface area contributed by atoms with Crippen LogP contribution in [0.4, 0.5) is 0 Å². The Morgan fingerprint density at radius 2 is 0.525 bits per heavy atom. The fraction of sp³-hybridized carbons (Fsp3) is 0.200. The quantitative estimate of drug-likeness (QED) is 0.105. The average molecular weight is 1030 g/mol. The van der Waals surface area contributed by atoms with Gasteiger partial charge in [0.25, 0.3) is 0 Å². The van der Waals surface area contributed by atoms with Gasteiger partial charge in [-0.15, -0.1) is 0 Å². The summed E-state index contributed by atoms with van der Waals surface area (Å²) in [6, 6.07) is 77.3. The van der Waals surface area contributed by atoms with E-state index in [1.807, 2.05) is 0 Å². The highest BCUT2D eigenvalue weighted by Gasteiger charge is 2.36. The van der Waals surface area contributed by atoms with Crippen molar-refractivity contribution in [2.75, 3.05) is 0 Å². The van der Waals surface area contributed by atoms with Gasteiger partial charge in [0.05, 0.1) is 0 Å². The van der Waals surface area contributed by atoms with Crippen LogP contribution in [0.15, 0.2) is 194 Å². The second kappa shape index (κ2) is 18.1. The summed E-state index contributed by atoms with van der Waals surface area (Å²) in [7, 11) is 0. The van der Waals surface area contributed by atoms with Gasteiger partial charge < -0.3 is 0 Å². The third-order valence-corrected chi connectivity index (χ3v) is 20.3. The Morgan fingerprint density at radius 3 is 0.800 bits per heavy atom. The van der Waals surface area contributed by atoms with Crippen LogP contribution in [-0.4, -0.2) is 0 Å². The summed E-state index contributed by atoms with van der Waals surface area (Å²) >= 11 is 0. The molecule has 0 aliphatic heterocycles. The summed E-state index contributed by atoms with van der Waals surface area (Å²) in [6.07, 6.45) is 15.4. The van der Waals surface area contributed by atoms with E-state index >= 15 is 0 Å². The van der Waals surface area contributed by atoms with E-state index in [0.717, 1.165) is 12.8 Å².